The zero-order chi connectivity index (χ0) is 19.0. The molecule has 142 valence electrons. The zero-order valence-corrected chi connectivity index (χ0v) is 15.3. The Labute approximate surface area is 154 Å². The number of hydrogen-bond acceptors (Lipinski definition) is 4. The molecule has 0 radical (unpaired) electrons. The summed E-state index contributed by atoms with van der Waals surface area (Å²) in [4.78, 5) is 7.78. The smallest absolute Gasteiger partial charge is 0.417 e. The lowest BCUT2D eigenvalue weighted by atomic mass is 10.1. The predicted octanol–water partition coefficient (Wildman–Crippen LogP) is 3.51. The molecule has 1 atom stereocenters. The van der Waals surface area contributed by atoms with Crippen LogP contribution in [0.25, 0.3) is 0 Å². The van der Waals surface area contributed by atoms with Gasteiger partial charge in [0.15, 0.2) is 5.96 Å². The van der Waals surface area contributed by atoms with Gasteiger partial charge in [0.05, 0.1) is 12.1 Å². The number of halogens is 3. The molecule has 2 aromatic heterocycles. The molecule has 2 heterocycles. The van der Waals surface area contributed by atoms with E-state index in [0.29, 0.717) is 18.4 Å². The van der Waals surface area contributed by atoms with Crippen molar-refractivity contribution in [3.05, 3.63) is 46.3 Å². The number of rotatable bonds is 7. The highest BCUT2D eigenvalue weighted by atomic mass is 32.1. The topological polar surface area (TPSA) is 58.5 Å². The van der Waals surface area contributed by atoms with Gasteiger partial charge in [0.2, 0.25) is 5.88 Å². The standard InChI is InChI=1S/C17H21F3N4OS/c1-12(13-5-8-26-11-13)9-24-16(21-2)22-6-7-25-15-4-3-14(10-23-15)17(18,19)20/h3-5,8,10-12H,6-7,9H2,1-2H3,(H2,21,22,24). The Bertz CT molecular complexity index is 687. The molecule has 2 N–H and O–H groups in total. The van der Waals surface area contributed by atoms with E-state index in [-0.39, 0.29) is 12.5 Å². The van der Waals surface area contributed by atoms with Crippen LogP contribution in [0, 0.1) is 0 Å². The number of nitrogens with zero attached hydrogens (tertiary/aromatic N) is 2. The van der Waals surface area contributed by atoms with Gasteiger partial charge >= 0.3 is 6.18 Å². The molecule has 0 fully saturated rings. The van der Waals surface area contributed by atoms with Crippen LogP contribution in [-0.4, -0.2) is 37.7 Å². The first-order valence-corrected chi connectivity index (χ1v) is 8.97. The third-order valence-corrected chi connectivity index (χ3v) is 4.32. The van der Waals surface area contributed by atoms with Crippen molar-refractivity contribution in [2.24, 2.45) is 4.99 Å². The van der Waals surface area contributed by atoms with Gasteiger partial charge in [0, 0.05) is 25.9 Å². The van der Waals surface area contributed by atoms with E-state index in [1.807, 2.05) is 5.38 Å². The Balaban J connectivity index is 1.69. The summed E-state index contributed by atoms with van der Waals surface area (Å²) in [5, 5.41) is 10.5. The van der Waals surface area contributed by atoms with Crippen molar-refractivity contribution < 1.29 is 17.9 Å². The number of nitrogens with one attached hydrogen (secondary N) is 2. The average molecular weight is 386 g/mol. The van der Waals surface area contributed by atoms with Gasteiger partial charge in [-0.25, -0.2) is 4.98 Å². The summed E-state index contributed by atoms with van der Waals surface area (Å²) >= 11 is 1.67. The average Bonchev–Trinajstić information content (AvgIpc) is 3.15. The second-order valence-corrected chi connectivity index (χ2v) is 6.35. The third-order valence-electron chi connectivity index (χ3n) is 3.62. The summed E-state index contributed by atoms with van der Waals surface area (Å²) in [5.41, 5.74) is 0.474. The lowest BCUT2D eigenvalue weighted by Gasteiger charge is -2.15. The van der Waals surface area contributed by atoms with Gasteiger partial charge in [-0.1, -0.05) is 6.92 Å². The highest BCUT2D eigenvalue weighted by Crippen LogP contribution is 2.29. The summed E-state index contributed by atoms with van der Waals surface area (Å²) in [7, 11) is 1.67. The van der Waals surface area contributed by atoms with E-state index in [9.17, 15) is 13.2 Å². The van der Waals surface area contributed by atoms with Gasteiger partial charge in [-0.2, -0.15) is 24.5 Å². The Hall–Kier alpha value is -2.29. The Morgan fingerprint density at radius 2 is 2.12 bits per heavy atom. The molecule has 0 saturated carbocycles. The fourth-order valence-corrected chi connectivity index (χ4v) is 2.88. The minimum absolute atomic E-state index is 0.147. The summed E-state index contributed by atoms with van der Waals surface area (Å²) in [6.07, 6.45) is -3.64. The van der Waals surface area contributed by atoms with Crippen molar-refractivity contribution in [3.63, 3.8) is 0 Å². The van der Waals surface area contributed by atoms with E-state index in [1.165, 1.54) is 11.6 Å². The molecule has 9 heteroatoms. The molecule has 0 saturated heterocycles. The van der Waals surface area contributed by atoms with Crippen molar-refractivity contribution in [3.8, 4) is 5.88 Å². The van der Waals surface area contributed by atoms with E-state index in [2.05, 4.69) is 39.0 Å². The fourth-order valence-electron chi connectivity index (χ4n) is 2.10. The maximum Gasteiger partial charge on any atom is 0.417 e. The molecule has 1 unspecified atom stereocenters. The van der Waals surface area contributed by atoms with Crippen molar-refractivity contribution in [2.75, 3.05) is 26.7 Å². The normalized spacial score (nSPS) is 13.3. The minimum atomic E-state index is -4.40. The SMILES string of the molecule is CN=C(NCCOc1ccc(C(F)(F)F)cn1)NCC(C)c1ccsc1. The highest BCUT2D eigenvalue weighted by Gasteiger charge is 2.30. The molecule has 0 spiro atoms. The number of hydrogen-bond donors (Lipinski definition) is 2. The van der Waals surface area contributed by atoms with E-state index >= 15 is 0 Å². The maximum absolute atomic E-state index is 12.5. The monoisotopic (exact) mass is 386 g/mol. The summed E-state index contributed by atoms with van der Waals surface area (Å²) in [6.45, 7) is 3.55. The molecule has 5 nitrogen and oxygen atoms in total. The molecule has 2 aromatic rings. The molecule has 0 aliphatic carbocycles. The molecule has 0 amide bonds. The summed E-state index contributed by atoms with van der Waals surface area (Å²) in [6, 6.07) is 4.25. The van der Waals surface area contributed by atoms with Crippen LogP contribution in [0.15, 0.2) is 40.1 Å². The van der Waals surface area contributed by atoms with E-state index in [4.69, 9.17) is 4.74 Å². The molecule has 0 bridgehead atoms. The van der Waals surface area contributed by atoms with Crippen LogP contribution in [0.3, 0.4) is 0 Å². The number of thiophene rings is 1. The molecule has 2 rings (SSSR count). The van der Waals surface area contributed by atoms with Gasteiger partial charge in [-0.3, -0.25) is 4.99 Å². The zero-order valence-electron chi connectivity index (χ0n) is 14.5. The molecule has 0 aromatic carbocycles. The van der Waals surface area contributed by atoms with Gasteiger partial charge in [-0.05, 0) is 34.4 Å². The van der Waals surface area contributed by atoms with Crippen LogP contribution < -0.4 is 15.4 Å². The number of ether oxygens (including phenoxy) is 1. The van der Waals surface area contributed by atoms with Gasteiger partial charge in [-0.15, -0.1) is 0 Å². The molecule has 0 aliphatic heterocycles. The molecule has 0 aliphatic rings. The van der Waals surface area contributed by atoms with E-state index < -0.39 is 11.7 Å². The van der Waals surface area contributed by atoms with Crippen molar-refractivity contribution in [1.29, 1.82) is 0 Å². The number of alkyl halides is 3. The highest BCUT2D eigenvalue weighted by molar-refractivity contribution is 7.07. The summed E-state index contributed by atoms with van der Waals surface area (Å²) in [5.74, 6) is 1.14. The molecular formula is C17H21F3N4OS. The quantitative estimate of drug-likeness (QED) is 0.434. The number of pyridine rings is 1. The number of guanidine groups is 1. The Kier molecular flexibility index (Phi) is 7.26. The maximum atomic E-state index is 12.5. The Morgan fingerprint density at radius 1 is 1.31 bits per heavy atom. The van der Waals surface area contributed by atoms with Crippen LogP contribution in [0.1, 0.15) is 24.0 Å². The van der Waals surface area contributed by atoms with Gasteiger partial charge < -0.3 is 15.4 Å². The van der Waals surface area contributed by atoms with Crippen LogP contribution in [0.2, 0.25) is 0 Å². The van der Waals surface area contributed by atoms with Gasteiger partial charge in [0.25, 0.3) is 0 Å². The van der Waals surface area contributed by atoms with E-state index in [1.54, 1.807) is 18.4 Å². The largest absolute Gasteiger partial charge is 0.476 e. The van der Waals surface area contributed by atoms with Crippen molar-refractivity contribution in [1.82, 2.24) is 15.6 Å². The lowest BCUT2D eigenvalue weighted by molar-refractivity contribution is -0.137. The first kappa shape index (κ1) is 20.0. The van der Waals surface area contributed by atoms with Gasteiger partial charge in [0.1, 0.15) is 6.61 Å². The first-order chi connectivity index (χ1) is 12.4. The van der Waals surface area contributed by atoms with E-state index in [0.717, 1.165) is 18.8 Å². The minimum Gasteiger partial charge on any atom is -0.476 e. The van der Waals surface area contributed by atoms with Crippen LogP contribution in [-0.2, 0) is 6.18 Å². The van der Waals surface area contributed by atoms with Crippen molar-refractivity contribution >= 4 is 17.3 Å². The number of aromatic nitrogens is 1. The fraction of sp³-hybridized carbons (Fsp3) is 0.412. The second kappa shape index (κ2) is 9.42. The van der Waals surface area contributed by atoms with Crippen LogP contribution in [0.5, 0.6) is 5.88 Å². The van der Waals surface area contributed by atoms with Crippen LogP contribution >= 0.6 is 11.3 Å². The first-order valence-electron chi connectivity index (χ1n) is 8.03. The van der Waals surface area contributed by atoms with Crippen LogP contribution in [0.4, 0.5) is 13.2 Å². The summed E-state index contributed by atoms with van der Waals surface area (Å²) < 4.78 is 42.7. The van der Waals surface area contributed by atoms with Crippen molar-refractivity contribution in [2.45, 2.75) is 19.0 Å². The molecule has 26 heavy (non-hydrogen) atoms. The Morgan fingerprint density at radius 3 is 2.69 bits per heavy atom. The molecular weight excluding hydrogens is 365 g/mol. The second-order valence-electron chi connectivity index (χ2n) is 5.57. The number of aliphatic imine (C=N–C) groups is 1. The third kappa shape index (κ3) is 6.21. The predicted molar refractivity (Wildman–Crippen MR) is 96.8 cm³/mol. The lowest BCUT2D eigenvalue weighted by Crippen LogP contribution is -2.40.